The van der Waals surface area contributed by atoms with E-state index in [4.69, 9.17) is 4.42 Å². The smallest absolute Gasteiger partial charge is 0.225 e. The Morgan fingerprint density at radius 2 is 2.44 bits per heavy atom. The zero-order chi connectivity index (χ0) is 17.2. The van der Waals surface area contributed by atoms with E-state index >= 15 is 0 Å². The molecule has 130 valence electrons. The van der Waals surface area contributed by atoms with Crippen LogP contribution < -0.4 is 10.6 Å². The lowest BCUT2D eigenvalue weighted by molar-refractivity contribution is -0.125. The lowest BCUT2D eigenvalue weighted by Gasteiger charge is -2.16. The second-order valence-corrected chi connectivity index (χ2v) is 7.02. The fraction of sp³-hybridized carbons (Fsp3) is 0.353. The highest BCUT2D eigenvalue weighted by Crippen LogP contribution is 2.28. The molecule has 0 radical (unpaired) electrons. The standard InChI is InChI=1S/C17H19N5O2S/c1-22-9-11(5-20-22)13-7-18-8-14(13)16(23)19-6-12-10-25-17(21-12)15-3-2-4-24-15/h2-5,9-10,13-14,18H,6-8H2,1H3,(H,19,23)/t13-,14+/m1/s1. The highest BCUT2D eigenvalue weighted by molar-refractivity contribution is 7.13. The molecule has 1 aliphatic rings. The van der Waals surface area contributed by atoms with E-state index < -0.39 is 0 Å². The van der Waals surface area contributed by atoms with Gasteiger partial charge in [0.2, 0.25) is 5.91 Å². The van der Waals surface area contributed by atoms with Gasteiger partial charge in [0, 0.05) is 37.6 Å². The molecule has 1 aliphatic heterocycles. The number of carbonyl (C=O) groups is 1. The third kappa shape index (κ3) is 3.35. The second-order valence-electron chi connectivity index (χ2n) is 6.16. The summed E-state index contributed by atoms with van der Waals surface area (Å²) in [6.45, 7) is 1.90. The van der Waals surface area contributed by atoms with E-state index in [2.05, 4.69) is 20.7 Å². The molecule has 0 unspecified atom stereocenters. The number of aryl methyl sites for hydroxylation is 1. The first kappa shape index (κ1) is 16.0. The number of thiazole rings is 1. The molecule has 2 N–H and O–H groups in total. The van der Waals surface area contributed by atoms with Gasteiger partial charge in [-0.25, -0.2) is 4.98 Å². The quantitative estimate of drug-likeness (QED) is 0.727. The van der Waals surface area contributed by atoms with E-state index in [1.54, 1.807) is 10.9 Å². The molecule has 1 saturated heterocycles. The maximum absolute atomic E-state index is 12.6. The van der Waals surface area contributed by atoms with Crippen LogP contribution in [0.5, 0.6) is 0 Å². The predicted molar refractivity (Wildman–Crippen MR) is 94.0 cm³/mol. The van der Waals surface area contributed by atoms with Crippen LogP contribution in [0.25, 0.3) is 10.8 Å². The van der Waals surface area contributed by atoms with Crippen molar-refractivity contribution < 1.29 is 9.21 Å². The number of amides is 1. The Labute approximate surface area is 149 Å². The van der Waals surface area contributed by atoms with Crippen LogP contribution in [-0.4, -0.2) is 33.8 Å². The molecule has 7 nitrogen and oxygen atoms in total. The first-order valence-corrected chi connectivity index (χ1v) is 9.04. The number of aromatic nitrogens is 3. The van der Waals surface area contributed by atoms with E-state index in [0.29, 0.717) is 13.1 Å². The largest absolute Gasteiger partial charge is 0.462 e. The lowest BCUT2D eigenvalue weighted by Crippen LogP contribution is -2.34. The van der Waals surface area contributed by atoms with Crippen LogP contribution in [0.3, 0.4) is 0 Å². The monoisotopic (exact) mass is 357 g/mol. The van der Waals surface area contributed by atoms with Gasteiger partial charge in [-0.3, -0.25) is 9.48 Å². The minimum atomic E-state index is -0.0904. The molecule has 1 fully saturated rings. The Morgan fingerprint density at radius 1 is 1.52 bits per heavy atom. The van der Waals surface area contributed by atoms with Gasteiger partial charge in [-0.05, 0) is 17.7 Å². The van der Waals surface area contributed by atoms with Gasteiger partial charge in [-0.1, -0.05) is 0 Å². The molecule has 8 heteroatoms. The summed E-state index contributed by atoms with van der Waals surface area (Å²) < 4.78 is 7.12. The number of hydrogen-bond donors (Lipinski definition) is 2. The van der Waals surface area contributed by atoms with Crippen molar-refractivity contribution in [1.82, 2.24) is 25.4 Å². The van der Waals surface area contributed by atoms with Gasteiger partial charge in [0.15, 0.2) is 10.8 Å². The van der Waals surface area contributed by atoms with Crippen molar-refractivity contribution in [3.8, 4) is 10.8 Å². The zero-order valence-corrected chi connectivity index (χ0v) is 14.6. The Morgan fingerprint density at radius 3 is 3.20 bits per heavy atom. The third-order valence-electron chi connectivity index (χ3n) is 4.43. The zero-order valence-electron chi connectivity index (χ0n) is 13.8. The Balaban J connectivity index is 1.38. The average Bonchev–Trinajstić information content (AvgIpc) is 3.38. The average molecular weight is 357 g/mol. The minimum absolute atomic E-state index is 0.0476. The van der Waals surface area contributed by atoms with Gasteiger partial charge in [-0.15, -0.1) is 11.3 Å². The second kappa shape index (κ2) is 6.81. The van der Waals surface area contributed by atoms with Crippen molar-refractivity contribution in [1.29, 1.82) is 0 Å². The van der Waals surface area contributed by atoms with Crippen molar-refractivity contribution in [3.63, 3.8) is 0 Å². The summed E-state index contributed by atoms with van der Waals surface area (Å²) in [4.78, 5) is 17.1. The molecule has 4 heterocycles. The summed E-state index contributed by atoms with van der Waals surface area (Å²) in [6.07, 6.45) is 5.45. The molecule has 25 heavy (non-hydrogen) atoms. The summed E-state index contributed by atoms with van der Waals surface area (Å²) >= 11 is 1.51. The van der Waals surface area contributed by atoms with Crippen LogP contribution in [0.4, 0.5) is 0 Å². The van der Waals surface area contributed by atoms with Crippen molar-refractivity contribution in [2.24, 2.45) is 13.0 Å². The van der Waals surface area contributed by atoms with Gasteiger partial charge < -0.3 is 15.1 Å². The number of hydrogen-bond acceptors (Lipinski definition) is 6. The molecule has 0 saturated carbocycles. The van der Waals surface area contributed by atoms with Crippen LogP contribution in [-0.2, 0) is 18.4 Å². The molecule has 3 aromatic heterocycles. The summed E-state index contributed by atoms with van der Waals surface area (Å²) in [5, 5.41) is 13.3. The van der Waals surface area contributed by atoms with Crippen LogP contribution in [0.15, 0.2) is 40.6 Å². The minimum Gasteiger partial charge on any atom is -0.462 e. The number of rotatable bonds is 5. The highest BCUT2D eigenvalue weighted by atomic mass is 32.1. The van der Waals surface area contributed by atoms with Crippen LogP contribution in [0.1, 0.15) is 17.2 Å². The lowest BCUT2D eigenvalue weighted by atomic mass is 9.90. The Hall–Kier alpha value is -2.45. The molecule has 3 aromatic rings. The molecule has 0 bridgehead atoms. The number of nitrogens with zero attached hydrogens (tertiary/aromatic N) is 3. The molecule has 0 aromatic carbocycles. The van der Waals surface area contributed by atoms with Crippen molar-refractivity contribution >= 4 is 17.2 Å². The van der Waals surface area contributed by atoms with E-state index in [1.165, 1.54) is 11.3 Å². The molecular weight excluding hydrogens is 338 g/mol. The highest BCUT2D eigenvalue weighted by Gasteiger charge is 2.34. The first-order chi connectivity index (χ1) is 12.2. The van der Waals surface area contributed by atoms with Gasteiger partial charge in [-0.2, -0.15) is 5.10 Å². The van der Waals surface area contributed by atoms with Crippen molar-refractivity contribution in [3.05, 3.63) is 47.4 Å². The van der Waals surface area contributed by atoms with E-state index in [1.807, 2.05) is 37.0 Å². The third-order valence-corrected chi connectivity index (χ3v) is 5.34. The fourth-order valence-corrected chi connectivity index (χ4v) is 3.93. The number of nitrogens with one attached hydrogen (secondary N) is 2. The topological polar surface area (TPSA) is 85.0 Å². The first-order valence-electron chi connectivity index (χ1n) is 8.16. The molecule has 4 rings (SSSR count). The van der Waals surface area contributed by atoms with Crippen LogP contribution in [0, 0.1) is 5.92 Å². The Bertz CT molecular complexity index is 854. The van der Waals surface area contributed by atoms with Gasteiger partial charge in [0.25, 0.3) is 0 Å². The summed E-state index contributed by atoms with van der Waals surface area (Å²) in [7, 11) is 1.89. The maximum Gasteiger partial charge on any atom is 0.225 e. The van der Waals surface area contributed by atoms with Crippen molar-refractivity contribution in [2.75, 3.05) is 13.1 Å². The molecule has 2 atom stereocenters. The maximum atomic E-state index is 12.6. The van der Waals surface area contributed by atoms with E-state index in [9.17, 15) is 4.79 Å². The summed E-state index contributed by atoms with van der Waals surface area (Å²) in [5.41, 5.74) is 1.94. The van der Waals surface area contributed by atoms with Gasteiger partial charge >= 0.3 is 0 Å². The number of furan rings is 1. The Kier molecular flexibility index (Phi) is 4.37. The van der Waals surface area contributed by atoms with E-state index in [-0.39, 0.29) is 17.7 Å². The predicted octanol–water partition coefficient (Wildman–Crippen LogP) is 1.76. The van der Waals surface area contributed by atoms with Crippen molar-refractivity contribution in [2.45, 2.75) is 12.5 Å². The van der Waals surface area contributed by atoms with Gasteiger partial charge in [0.05, 0.1) is 30.6 Å². The van der Waals surface area contributed by atoms with Crippen LogP contribution in [0.2, 0.25) is 0 Å². The molecule has 1 amide bonds. The normalized spacial score (nSPS) is 20.0. The van der Waals surface area contributed by atoms with Crippen LogP contribution >= 0.6 is 11.3 Å². The fourth-order valence-electron chi connectivity index (χ4n) is 3.15. The molecule has 0 aliphatic carbocycles. The summed E-state index contributed by atoms with van der Waals surface area (Å²) in [6, 6.07) is 3.72. The SMILES string of the molecule is Cn1cc([C@H]2CNC[C@@H]2C(=O)NCc2csc(-c3ccco3)n2)cn1. The molecule has 0 spiro atoms. The summed E-state index contributed by atoms with van der Waals surface area (Å²) in [5.74, 6) is 0.862. The molecular formula is C17H19N5O2S. The van der Waals surface area contributed by atoms with Gasteiger partial charge in [0.1, 0.15) is 0 Å². The van der Waals surface area contributed by atoms with E-state index in [0.717, 1.165) is 28.6 Å². The number of carbonyl (C=O) groups excluding carboxylic acids is 1.